The van der Waals surface area contributed by atoms with Crippen LogP contribution in [-0.2, 0) is 15.3 Å². The van der Waals surface area contributed by atoms with E-state index in [2.05, 4.69) is 10.5 Å². The number of hydrazone groups is 1. The van der Waals surface area contributed by atoms with Crippen LogP contribution in [0.15, 0.2) is 59.7 Å². The van der Waals surface area contributed by atoms with E-state index in [1.54, 1.807) is 24.3 Å². The molecule has 0 aromatic heterocycles. The quantitative estimate of drug-likeness (QED) is 0.530. The molecule has 0 aliphatic carbocycles. The molecule has 0 radical (unpaired) electrons. The monoisotopic (exact) mass is 357 g/mol. The number of nitrogens with two attached hydrogens (primary N) is 1. The fraction of sp³-hybridized carbons (Fsp3) is 0.167. The SMILES string of the molecule is NC(=O)COc1ccc(C=NNC(=O)CSCc2ccccc2)cc1. The fourth-order valence-corrected chi connectivity index (χ4v) is 2.63. The molecule has 0 saturated heterocycles. The Morgan fingerprint density at radius 2 is 1.84 bits per heavy atom. The van der Waals surface area contributed by atoms with Crippen LogP contribution in [0.1, 0.15) is 11.1 Å². The van der Waals surface area contributed by atoms with Gasteiger partial charge in [-0.05, 0) is 35.4 Å². The van der Waals surface area contributed by atoms with Crippen LogP contribution >= 0.6 is 11.8 Å². The Balaban J connectivity index is 1.69. The third-order valence-electron chi connectivity index (χ3n) is 3.01. The number of carbonyl (C=O) groups is 2. The molecule has 7 heteroatoms. The normalized spacial score (nSPS) is 10.6. The number of hydrogen-bond donors (Lipinski definition) is 2. The first-order valence-electron chi connectivity index (χ1n) is 7.58. The van der Waals surface area contributed by atoms with Crippen molar-refractivity contribution in [3.8, 4) is 5.75 Å². The van der Waals surface area contributed by atoms with Gasteiger partial charge in [-0.15, -0.1) is 11.8 Å². The second-order valence-corrected chi connectivity index (χ2v) is 6.08. The van der Waals surface area contributed by atoms with Crippen molar-refractivity contribution in [2.24, 2.45) is 10.8 Å². The Morgan fingerprint density at radius 1 is 1.12 bits per heavy atom. The lowest BCUT2D eigenvalue weighted by molar-refractivity contribution is -0.120. The number of carbonyl (C=O) groups excluding carboxylic acids is 2. The molecule has 0 bridgehead atoms. The van der Waals surface area contributed by atoms with E-state index >= 15 is 0 Å². The Labute approximate surface area is 150 Å². The van der Waals surface area contributed by atoms with Gasteiger partial charge in [0.1, 0.15) is 5.75 Å². The molecule has 2 amide bonds. The summed E-state index contributed by atoms with van der Waals surface area (Å²) < 4.78 is 5.15. The minimum Gasteiger partial charge on any atom is -0.484 e. The Kier molecular flexibility index (Phi) is 7.52. The van der Waals surface area contributed by atoms with E-state index in [0.717, 1.165) is 11.3 Å². The molecule has 0 saturated carbocycles. The third kappa shape index (κ3) is 7.54. The van der Waals surface area contributed by atoms with Gasteiger partial charge in [0.25, 0.3) is 5.91 Å². The predicted octanol–water partition coefficient (Wildman–Crippen LogP) is 1.93. The van der Waals surface area contributed by atoms with Gasteiger partial charge in [0.05, 0.1) is 12.0 Å². The number of thioether (sulfide) groups is 1. The number of benzene rings is 2. The lowest BCUT2D eigenvalue weighted by Gasteiger charge is -2.03. The van der Waals surface area contributed by atoms with Gasteiger partial charge < -0.3 is 10.5 Å². The topological polar surface area (TPSA) is 93.8 Å². The van der Waals surface area contributed by atoms with Crippen LogP contribution in [0, 0.1) is 0 Å². The van der Waals surface area contributed by atoms with Crippen LogP contribution in [-0.4, -0.2) is 30.4 Å². The molecule has 0 fully saturated rings. The highest BCUT2D eigenvalue weighted by Crippen LogP contribution is 2.12. The largest absolute Gasteiger partial charge is 0.484 e. The summed E-state index contributed by atoms with van der Waals surface area (Å²) in [5.74, 6) is 0.978. The molecule has 0 heterocycles. The zero-order chi connectivity index (χ0) is 17.9. The van der Waals surface area contributed by atoms with Crippen LogP contribution in [0.5, 0.6) is 5.75 Å². The zero-order valence-electron chi connectivity index (χ0n) is 13.6. The number of amides is 2. The van der Waals surface area contributed by atoms with Crippen molar-refractivity contribution in [3.05, 3.63) is 65.7 Å². The van der Waals surface area contributed by atoms with Crippen molar-refractivity contribution < 1.29 is 14.3 Å². The van der Waals surface area contributed by atoms with Gasteiger partial charge in [0, 0.05) is 5.75 Å². The molecular weight excluding hydrogens is 338 g/mol. The minimum atomic E-state index is -0.529. The summed E-state index contributed by atoms with van der Waals surface area (Å²) in [5, 5.41) is 3.92. The maximum Gasteiger partial charge on any atom is 0.255 e. The van der Waals surface area contributed by atoms with Gasteiger partial charge in [0.15, 0.2) is 6.61 Å². The van der Waals surface area contributed by atoms with Gasteiger partial charge >= 0.3 is 0 Å². The molecule has 0 spiro atoms. The highest BCUT2D eigenvalue weighted by Gasteiger charge is 2.01. The summed E-state index contributed by atoms with van der Waals surface area (Å²) >= 11 is 1.53. The predicted molar refractivity (Wildman–Crippen MR) is 99.5 cm³/mol. The van der Waals surface area contributed by atoms with Crippen LogP contribution in [0.25, 0.3) is 0 Å². The van der Waals surface area contributed by atoms with Crippen molar-refractivity contribution >= 4 is 29.8 Å². The summed E-state index contributed by atoms with van der Waals surface area (Å²) in [6, 6.07) is 16.9. The zero-order valence-corrected chi connectivity index (χ0v) is 14.4. The number of nitrogens with zero attached hydrogens (tertiary/aromatic N) is 1. The fourth-order valence-electron chi connectivity index (χ4n) is 1.85. The molecule has 0 aliphatic heterocycles. The average Bonchev–Trinajstić information content (AvgIpc) is 2.62. The third-order valence-corrected chi connectivity index (χ3v) is 4.01. The molecular formula is C18H19N3O3S. The molecule has 2 rings (SSSR count). The molecule has 3 N–H and O–H groups in total. The smallest absolute Gasteiger partial charge is 0.255 e. The summed E-state index contributed by atoms with van der Waals surface area (Å²) in [6.07, 6.45) is 1.54. The van der Waals surface area contributed by atoms with Crippen molar-refractivity contribution in [2.75, 3.05) is 12.4 Å². The number of ether oxygens (including phenoxy) is 1. The Morgan fingerprint density at radius 3 is 2.52 bits per heavy atom. The summed E-state index contributed by atoms with van der Waals surface area (Å²) in [4.78, 5) is 22.4. The molecule has 0 unspecified atom stereocenters. The van der Waals surface area contributed by atoms with Crippen molar-refractivity contribution in [1.82, 2.24) is 5.43 Å². The lowest BCUT2D eigenvalue weighted by Crippen LogP contribution is -2.20. The summed E-state index contributed by atoms with van der Waals surface area (Å²) in [7, 11) is 0. The van der Waals surface area contributed by atoms with E-state index in [-0.39, 0.29) is 12.5 Å². The second kappa shape index (κ2) is 10.1. The van der Waals surface area contributed by atoms with E-state index in [1.807, 2.05) is 30.3 Å². The van der Waals surface area contributed by atoms with Crippen LogP contribution in [0.2, 0.25) is 0 Å². The number of primary amides is 1. The highest BCUT2D eigenvalue weighted by atomic mass is 32.2. The molecule has 0 atom stereocenters. The molecule has 25 heavy (non-hydrogen) atoms. The van der Waals surface area contributed by atoms with Crippen LogP contribution in [0.4, 0.5) is 0 Å². The Hall–Kier alpha value is -2.80. The van der Waals surface area contributed by atoms with Gasteiger partial charge in [0.2, 0.25) is 5.91 Å². The van der Waals surface area contributed by atoms with E-state index < -0.39 is 5.91 Å². The van der Waals surface area contributed by atoms with Crippen molar-refractivity contribution in [1.29, 1.82) is 0 Å². The Bertz CT molecular complexity index is 718. The van der Waals surface area contributed by atoms with Gasteiger partial charge in [-0.25, -0.2) is 5.43 Å². The molecule has 6 nitrogen and oxygen atoms in total. The van der Waals surface area contributed by atoms with Gasteiger partial charge in [-0.1, -0.05) is 30.3 Å². The average molecular weight is 357 g/mol. The molecule has 2 aromatic rings. The number of rotatable bonds is 9. The first-order chi connectivity index (χ1) is 12.1. The maximum absolute atomic E-state index is 11.7. The van der Waals surface area contributed by atoms with Crippen LogP contribution < -0.4 is 15.9 Å². The van der Waals surface area contributed by atoms with Crippen molar-refractivity contribution in [2.45, 2.75) is 5.75 Å². The summed E-state index contributed by atoms with van der Waals surface area (Å²) in [6.45, 7) is -0.163. The standard InChI is InChI=1S/C18H19N3O3S/c19-17(22)11-24-16-8-6-14(7-9-16)10-20-21-18(23)13-25-12-15-4-2-1-3-5-15/h1-10H,11-13H2,(H2,19,22)(H,21,23). The highest BCUT2D eigenvalue weighted by molar-refractivity contribution is 7.99. The second-order valence-electron chi connectivity index (χ2n) is 5.10. The minimum absolute atomic E-state index is 0.154. The number of nitrogens with one attached hydrogen (secondary N) is 1. The van der Waals surface area contributed by atoms with Gasteiger partial charge in [-0.3, -0.25) is 9.59 Å². The van der Waals surface area contributed by atoms with Gasteiger partial charge in [-0.2, -0.15) is 5.10 Å². The molecule has 130 valence electrons. The first kappa shape index (κ1) is 18.5. The molecule has 2 aromatic carbocycles. The van der Waals surface area contributed by atoms with Crippen molar-refractivity contribution in [3.63, 3.8) is 0 Å². The summed E-state index contributed by atoms with van der Waals surface area (Å²) in [5.41, 5.74) is 9.47. The lowest BCUT2D eigenvalue weighted by atomic mass is 10.2. The maximum atomic E-state index is 11.7. The number of hydrogen-bond acceptors (Lipinski definition) is 5. The van der Waals surface area contributed by atoms with E-state index in [9.17, 15) is 9.59 Å². The van der Waals surface area contributed by atoms with Crippen LogP contribution in [0.3, 0.4) is 0 Å². The van der Waals surface area contributed by atoms with E-state index in [0.29, 0.717) is 11.5 Å². The first-order valence-corrected chi connectivity index (χ1v) is 8.73. The van der Waals surface area contributed by atoms with E-state index in [1.165, 1.54) is 23.5 Å². The molecule has 0 aliphatic rings. The van der Waals surface area contributed by atoms with E-state index in [4.69, 9.17) is 10.5 Å².